The van der Waals surface area contributed by atoms with Crippen molar-refractivity contribution in [2.75, 3.05) is 0 Å². The third-order valence-electron chi connectivity index (χ3n) is 1.91. The van der Waals surface area contributed by atoms with Gasteiger partial charge in [0.15, 0.2) is 0 Å². The van der Waals surface area contributed by atoms with Crippen LogP contribution in [0.5, 0.6) is 0 Å². The van der Waals surface area contributed by atoms with Crippen LogP contribution in [0.1, 0.15) is 34.1 Å². The molecule has 0 heterocycles. The molecular weight excluding hydrogens is 112 g/mol. The van der Waals surface area contributed by atoms with E-state index in [1.54, 1.807) is 0 Å². The van der Waals surface area contributed by atoms with Gasteiger partial charge in [0.1, 0.15) is 0 Å². The molecule has 0 aliphatic heterocycles. The molecule has 0 saturated carbocycles. The molecule has 0 aromatic carbocycles. The summed E-state index contributed by atoms with van der Waals surface area (Å²) in [6.07, 6.45) is 0.953. The number of aliphatic hydroxyl groups excluding tert-OH is 1. The van der Waals surface area contributed by atoms with Gasteiger partial charge >= 0.3 is 0 Å². The van der Waals surface area contributed by atoms with Crippen molar-refractivity contribution in [2.45, 2.75) is 40.2 Å². The minimum atomic E-state index is -0.116. The van der Waals surface area contributed by atoms with Crippen LogP contribution in [0.4, 0.5) is 0 Å². The molecule has 2 atom stereocenters. The van der Waals surface area contributed by atoms with E-state index in [0.717, 1.165) is 6.42 Å². The average molecular weight is 130 g/mol. The van der Waals surface area contributed by atoms with Crippen LogP contribution < -0.4 is 0 Å². The lowest BCUT2D eigenvalue weighted by molar-refractivity contribution is 0.0707. The van der Waals surface area contributed by atoms with Gasteiger partial charge in [-0.15, -0.1) is 0 Å². The molecule has 0 rings (SSSR count). The van der Waals surface area contributed by atoms with Crippen LogP contribution in [0.25, 0.3) is 0 Å². The third kappa shape index (κ3) is 2.85. The molecular formula is C8H18O. The second kappa shape index (κ2) is 3.89. The predicted molar refractivity (Wildman–Crippen MR) is 40.3 cm³/mol. The van der Waals surface area contributed by atoms with Crippen molar-refractivity contribution in [3.05, 3.63) is 0 Å². The summed E-state index contributed by atoms with van der Waals surface area (Å²) in [5.74, 6) is 0.852. The Morgan fingerprint density at radius 1 is 1.22 bits per heavy atom. The highest BCUT2D eigenvalue weighted by Crippen LogP contribution is 2.14. The van der Waals surface area contributed by atoms with Gasteiger partial charge in [0.05, 0.1) is 6.10 Å². The standard InChI is InChI=1S/C8H18O/c1-5-7(4)8(9)6(2)3/h6-9H,5H2,1-4H3/t7-,8+/m1/s1. The maximum absolute atomic E-state index is 9.39. The largest absolute Gasteiger partial charge is 0.393 e. The summed E-state index contributed by atoms with van der Waals surface area (Å²) in [6.45, 7) is 8.30. The molecule has 0 aliphatic carbocycles. The van der Waals surface area contributed by atoms with E-state index in [2.05, 4.69) is 27.7 Å². The number of rotatable bonds is 3. The summed E-state index contributed by atoms with van der Waals surface area (Å²) in [6, 6.07) is 0. The highest BCUT2D eigenvalue weighted by molar-refractivity contribution is 4.65. The van der Waals surface area contributed by atoms with Gasteiger partial charge < -0.3 is 5.11 Å². The number of hydrogen-bond donors (Lipinski definition) is 1. The van der Waals surface area contributed by atoms with Crippen LogP contribution in [0.15, 0.2) is 0 Å². The lowest BCUT2D eigenvalue weighted by Crippen LogP contribution is -2.22. The Balaban J connectivity index is 3.58. The third-order valence-corrected chi connectivity index (χ3v) is 1.91. The summed E-state index contributed by atoms with van der Waals surface area (Å²) in [7, 11) is 0. The monoisotopic (exact) mass is 130 g/mol. The van der Waals surface area contributed by atoms with E-state index in [9.17, 15) is 5.11 Å². The van der Waals surface area contributed by atoms with Gasteiger partial charge in [-0.3, -0.25) is 0 Å². The molecule has 0 aliphatic rings. The van der Waals surface area contributed by atoms with E-state index in [0.29, 0.717) is 11.8 Å². The maximum Gasteiger partial charge on any atom is 0.0588 e. The predicted octanol–water partition coefficient (Wildman–Crippen LogP) is 2.05. The first-order chi connectivity index (χ1) is 4.09. The SMILES string of the molecule is CC[C@@H](C)[C@@H](O)C(C)C. The Morgan fingerprint density at radius 3 is 1.78 bits per heavy atom. The molecule has 9 heavy (non-hydrogen) atoms. The smallest absolute Gasteiger partial charge is 0.0588 e. The molecule has 0 amide bonds. The van der Waals surface area contributed by atoms with E-state index in [1.807, 2.05) is 0 Å². The average Bonchev–Trinajstić information content (AvgIpc) is 1.84. The summed E-state index contributed by atoms with van der Waals surface area (Å²) < 4.78 is 0. The van der Waals surface area contributed by atoms with Crippen LogP contribution in [0.3, 0.4) is 0 Å². The van der Waals surface area contributed by atoms with Crippen molar-refractivity contribution in [2.24, 2.45) is 11.8 Å². The molecule has 0 aromatic heterocycles. The summed E-state index contributed by atoms with van der Waals surface area (Å²) >= 11 is 0. The molecule has 1 heteroatoms. The molecule has 0 spiro atoms. The zero-order valence-electron chi connectivity index (χ0n) is 6.89. The topological polar surface area (TPSA) is 20.2 Å². The van der Waals surface area contributed by atoms with Gasteiger partial charge in [0.2, 0.25) is 0 Å². The highest BCUT2D eigenvalue weighted by Gasteiger charge is 2.14. The molecule has 0 aromatic rings. The Bertz CT molecular complexity index is 69.0. The minimum absolute atomic E-state index is 0.116. The second-order valence-electron chi connectivity index (χ2n) is 3.12. The Hall–Kier alpha value is -0.0400. The van der Waals surface area contributed by atoms with Crippen LogP contribution in [-0.4, -0.2) is 11.2 Å². The Labute approximate surface area is 58.1 Å². The summed E-state index contributed by atoms with van der Waals surface area (Å²) in [4.78, 5) is 0. The number of hydrogen-bond acceptors (Lipinski definition) is 1. The fourth-order valence-corrected chi connectivity index (χ4v) is 0.899. The fraction of sp³-hybridized carbons (Fsp3) is 1.00. The van der Waals surface area contributed by atoms with Gasteiger partial charge in [-0.05, 0) is 11.8 Å². The lowest BCUT2D eigenvalue weighted by atomic mass is 9.93. The minimum Gasteiger partial charge on any atom is -0.393 e. The van der Waals surface area contributed by atoms with Crippen molar-refractivity contribution in [3.63, 3.8) is 0 Å². The van der Waals surface area contributed by atoms with E-state index in [4.69, 9.17) is 0 Å². The van der Waals surface area contributed by atoms with Gasteiger partial charge in [-0.1, -0.05) is 34.1 Å². The zero-order valence-corrected chi connectivity index (χ0v) is 6.89. The number of aliphatic hydroxyl groups is 1. The molecule has 0 radical (unpaired) electrons. The Kier molecular flexibility index (Phi) is 3.87. The first kappa shape index (κ1) is 8.96. The van der Waals surface area contributed by atoms with Crippen molar-refractivity contribution < 1.29 is 5.11 Å². The normalized spacial score (nSPS) is 18.0. The molecule has 1 N–H and O–H groups in total. The van der Waals surface area contributed by atoms with Crippen molar-refractivity contribution in [3.8, 4) is 0 Å². The summed E-state index contributed by atoms with van der Waals surface area (Å²) in [5.41, 5.74) is 0. The van der Waals surface area contributed by atoms with Gasteiger partial charge in [0, 0.05) is 0 Å². The van der Waals surface area contributed by atoms with Gasteiger partial charge in [0.25, 0.3) is 0 Å². The first-order valence-corrected chi connectivity index (χ1v) is 3.77. The molecule has 56 valence electrons. The lowest BCUT2D eigenvalue weighted by Gasteiger charge is -2.20. The molecule has 0 fully saturated rings. The first-order valence-electron chi connectivity index (χ1n) is 3.77. The maximum atomic E-state index is 9.39. The van der Waals surface area contributed by atoms with E-state index in [1.165, 1.54) is 0 Å². The fourth-order valence-electron chi connectivity index (χ4n) is 0.899. The molecule has 0 bridgehead atoms. The van der Waals surface area contributed by atoms with Gasteiger partial charge in [-0.25, -0.2) is 0 Å². The summed E-state index contributed by atoms with van der Waals surface area (Å²) in [5, 5.41) is 9.39. The van der Waals surface area contributed by atoms with Gasteiger partial charge in [-0.2, -0.15) is 0 Å². The van der Waals surface area contributed by atoms with E-state index < -0.39 is 0 Å². The van der Waals surface area contributed by atoms with Crippen LogP contribution in [0, 0.1) is 11.8 Å². The van der Waals surface area contributed by atoms with E-state index >= 15 is 0 Å². The van der Waals surface area contributed by atoms with Crippen molar-refractivity contribution in [1.29, 1.82) is 0 Å². The highest BCUT2D eigenvalue weighted by atomic mass is 16.3. The van der Waals surface area contributed by atoms with Crippen LogP contribution in [0.2, 0.25) is 0 Å². The van der Waals surface area contributed by atoms with Crippen molar-refractivity contribution in [1.82, 2.24) is 0 Å². The van der Waals surface area contributed by atoms with E-state index in [-0.39, 0.29) is 6.10 Å². The molecule has 0 unspecified atom stereocenters. The zero-order chi connectivity index (χ0) is 7.44. The van der Waals surface area contributed by atoms with Crippen LogP contribution >= 0.6 is 0 Å². The Morgan fingerprint density at radius 2 is 1.67 bits per heavy atom. The second-order valence-corrected chi connectivity index (χ2v) is 3.12. The van der Waals surface area contributed by atoms with Crippen LogP contribution in [-0.2, 0) is 0 Å². The van der Waals surface area contributed by atoms with Crippen molar-refractivity contribution >= 4 is 0 Å². The quantitative estimate of drug-likeness (QED) is 0.620. The molecule has 1 nitrogen and oxygen atoms in total. The molecule has 0 saturated heterocycles.